The molecule has 1 aromatic heterocycles. The van der Waals surface area contributed by atoms with E-state index in [1.165, 1.54) is 7.11 Å². The molecule has 0 aliphatic heterocycles. The number of thiazole rings is 1. The normalized spacial score (nSPS) is 10.8. The van der Waals surface area contributed by atoms with Crippen LogP contribution in [-0.2, 0) is 22.7 Å². The number of hydrogen-bond donors (Lipinski definition) is 0. The van der Waals surface area contributed by atoms with Crippen LogP contribution in [0.3, 0.4) is 0 Å². The number of carbonyl (C=O) groups excluding carboxylic acids is 1. The van der Waals surface area contributed by atoms with E-state index in [9.17, 15) is 4.79 Å². The molecule has 1 heterocycles. The van der Waals surface area contributed by atoms with Crippen LogP contribution in [0.25, 0.3) is 10.2 Å². The van der Waals surface area contributed by atoms with Crippen molar-refractivity contribution in [3.63, 3.8) is 0 Å². The van der Waals surface area contributed by atoms with Gasteiger partial charge in [-0.25, -0.2) is 9.78 Å². The van der Waals surface area contributed by atoms with Gasteiger partial charge in [0.05, 0.1) is 36.1 Å². The lowest BCUT2D eigenvalue weighted by Crippen LogP contribution is -2.00. The molecule has 0 radical (unpaired) electrons. The first kappa shape index (κ1) is 14.7. The summed E-state index contributed by atoms with van der Waals surface area (Å²) in [5.74, 6) is -0.350. The Labute approximate surface area is 132 Å². The Morgan fingerprint density at radius 2 is 1.95 bits per heavy atom. The first-order chi connectivity index (χ1) is 10.8. The monoisotopic (exact) mass is 313 g/mol. The van der Waals surface area contributed by atoms with Gasteiger partial charge in [0.2, 0.25) is 0 Å². The third-order valence-corrected chi connectivity index (χ3v) is 4.20. The van der Waals surface area contributed by atoms with Crippen LogP contribution in [0.1, 0.15) is 20.9 Å². The van der Waals surface area contributed by atoms with Gasteiger partial charge in [0.1, 0.15) is 5.01 Å². The zero-order valence-electron chi connectivity index (χ0n) is 12.1. The van der Waals surface area contributed by atoms with E-state index in [0.29, 0.717) is 18.8 Å². The lowest BCUT2D eigenvalue weighted by Gasteiger charge is -2.01. The zero-order valence-corrected chi connectivity index (χ0v) is 12.9. The highest BCUT2D eigenvalue weighted by molar-refractivity contribution is 7.18. The van der Waals surface area contributed by atoms with Gasteiger partial charge in [-0.05, 0) is 23.8 Å². The molecule has 3 aromatic rings. The summed E-state index contributed by atoms with van der Waals surface area (Å²) in [5, 5.41) is 0.896. The molecule has 3 rings (SSSR count). The summed E-state index contributed by atoms with van der Waals surface area (Å²) in [6.07, 6.45) is 0. The minimum atomic E-state index is -0.350. The summed E-state index contributed by atoms with van der Waals surface area (Å²) in [7, 11) is 1.37. The number of aromatic nitrogens is 1. The third-order valence-electron chi connectivity index (χ3n) is 3.19. The fourth-order valence-electron chi connectivity index (χ4n) is 2.11. The molecular weight excluding hydrogens is 298 g/mol. The predicted octanol–water partition coefficient (Wildman–Crippen LogP) is 3.80. The summed E-state index contributed by atoms with van der Waals surface area (Å²) in [6.45, 7) is 1.02. The Morgan fingerprint density at radius 1 is 1.14 bits per heavy atom. The maximum absolute atomic E-state index is 11.5. The average Bonchev–Trinajstić information content (AvgIpc) is 2.97. The van der Waals surface area contributed by atoms with Crippen molar-refractivity contribution in [2.45, 2.75) is 13.2 Å². The lowest BCUT2D eigenvalue weighted by atomic mass is 10.2. The van der Waals surface area contributed by atoms with Crippen molar-refractivity contribution < 1.29 is 14.3 Å². The number of methoxy groups -OCH3 is 1. The Bertz CT molecular complexity index is 783. The van der Waals surface area contributed by atoms with Crippen LogP contribution >= 0.6 is 11.3 Å². The largest absolute Gasteiger partial charge is 0.465 e. The number of benzene rings is 2. The number of fused-ring (bicyclic) bond motifs is 1. The van der Waals surface area contributed by atoms with Crippen molar-refractivity contribution in [3.05, 3.63) is 64.7 Å². The van der Waals surface area contributed by atoms with Gasteiger partial charge >= 0.3 is 5.97 Å². The number of esters is 1. The first-order valence-corrected chi connectivity index (χ1v) is 7.67. The van der Waals surface area contributed by atoms with E-state index in [1.807, 2.05) is 36.4 Å². The molecule has 0 unspecified atom stereocenters. The van der Waals surface area contributed by atoms with Crippen LogP contribution in [0.15, 0.2) is 48.5 Å². The standard InChI is InChI=1S/C17H15NO3S/c1-20-17(19)13-7-8-15-14(9-13)18-16(22-15)11-21-10-12-5-3-2-4-6-12/h2-9H,10-11H2,1H3. The molecule has 0 aliphatic carbocycles. The van der Waals surface area contributed by atoms with E-state index in [1.54, 1.807) is 23.5 Å². The highest BCUT2D eigenvalue weighted by atomic mass is 32.1. The molecule has 5 heteroatoms. The van der Waals surface area contributed by atoms with E-state index < -0.39 is 0 Å². The van der Waals surface area contributed by atoms with Gasteiger partial charge in [-0.3, -0.25) is 0 Å². The first-order valence-electron chi connectivity index (χ1n) is 6.86. The topological polar surface area (TPSA) is 48.4 Å². The van der Waals surface area contributed by atoms with Crippen molar-refractivity contribution in [1.82, 2.24) is 4.98 Å². The number of nitrogens with zero attached hydrogens (tertiary/aromatic N) is 1. The van der Waals surface area contributed by atoms with Crippen LogP contribution in [0, 0.1) is 0 Å². The van der Waals surface area contributed by atoms with Gasteiger partial charge < -0.3 is 9.47 Å². The minimum absolute atomic E-state index is 0.350. The number of hydrogen-bond acceptors (Lipinski definition) is 5. The van der Waals surface area contributed by atoms with Crippen LogP contribution in [-0.4, -0.2) is 18.1 Å². The van der Waals surface area contributed by atoms with Crippen molar-refractivity contribution in [3.8, 4) is 0 Å². The highest BCUT2D eigenvalue weighted by Gasteiger charge is 2.09. The Hall–Kier alpha value is -2.24. The molecule has 22 heavy (non-hydrogen) atoms. The molecule has 0 spiro atoms. The molecule has 0 atom stereocenters. The SMILES string of the molecule is COC(=O)c1ccc2sc(COCc3ccccc3)nc2c1. The van der Waals surface area contributed by atoms with E-state index in [-0.39, 0.29) is 5.97 Å². The molecule has 0 saturated carbocycles. The predicted molar refractivity (Wildman–Crippen MR) is 85.9 cm³/mol. The minimum Gasteiger partial charge on any atom is -0.465 e. The molecule has 0 fully saturated rings. The molecule has 0 aliphatic rings. The van der Waals surface area contributed by atoms with E-state index >= 15 is 0 Å². The molecule has 0 amide bonds. The lowest BCUT2D eigenvalue weighted by molar-refractivity contribution is 0.0601. The van der Waals surface area contributed by atoms with Crippen LogP contribution in [0.5, 0.6) is 0 Å². The van der Waals surface area contributed by atoms with Crippen LogP contribution in [0.2, 0.25) is 0 Å². The summed E-state index contributed by atoms with van der Waals surface area (Å²) in [6, 6.07) is 15.4. The molecule has 0 saturated heterocycles. The fraction of sp³-hybridized carbons (Fsp3) is 0.176. The van der Waals surface area contributed by atoms with Gasteiger partial charge in [-0.2, -0.15) is 0 Å². The van der Waals surface area contributed by atoms with Crippen molar-refractivity contribution in [2.75, 3.05) is 7.11 Å². The maximum atomic E-state index is 11.5. The number of ether oxygens (including phenoxy) is 2. The van der Waals surface area contributed by atoms with Gasteiger partial charge in [0.25, 0.3) is 0 Å². The second-order valence-electron chi connectivity index (χ2n) is 4.76. The van der Waals surface area contributed by atoms with Gasteiger partial charge in [-0.15, -0.1) is 11.3 Å². The quantitative estimate of drug-likeness (QED) is 0.672. The fourth-order valence-corrected chi connectivity index (χ4v) is 3.00. The van der Waals surface area contributed by atoms with E-state index in [2.05, 4.69) is 4.98 Å². The summed E-state index contributed by atoms with van der Waals surface area (Å²) in [4.78, 5) is 16.0. The summed E-state index contributed by atoms with van der Waals surface area (Å²) >= 11 is 1.57. The number of rotatable bonds is 5. The van der Waals surface area contributed by atoms with Crippen LogP contribution in [0.4, 0.5) is 0 Å². The summed E-state index contributed by atoms with van der Waals surface area (Å²) < 4.78 is 11.4. The van der Waals surface area contributed by atoms with E-state index in [4.69, 9.17) is 9.47 Å². The number of carbonyl (C=O) groups is 1. The smallest absolute Gasteiger partial charge is 0.337 e. The molecule has 4 nitrogen and oxygen atoms in total. The zero-order chi connectivity index (χ0) is 15.4. The molecule has 2 aromatic carbocycles. The van der Waals surface area contributed by atoms with Gasteiger partial charge in [0.15, 0.2) is 0 Å². The van der Waals surface area contributed by atoms with Crippen molar-refractivity contribution in [2.24, 2.45) is 0 Å². The second kappa shape index (κ2) is 6.68. The maximum Gasteiger partial charge on any atom is 0.337 e. The highest BCUT2D eigenvalue weighted by Crippen LogP contribution is 2.24. The van der Waals surface area contributed by atoms with Crippen LogP contribution < -0.4 is 0 Å². The molecular formula is C17H15NO3S. The molecule has 0 bridgehead atoms. The molecule has 0 N–H and O–H groups in total. The van der Waals surface area contributed by atoms with Crippen molar-refractivity contribution >= 4 is 27.5 Å². The second-order valence-corrected chi connectivity index (χ2v) is 5.88. The third kappa shape index (κ3) is 3.32. The Kier molecular flexibility index (Phi) is 4.46. The van der Waals surface area contributed by atoms with E-state index in [0.717, 1.165) is 20.8 Å². The average molecular weight is 313 g/mol. The van der Waals surface area contributed by atoms with Crippen molar-refractivity contribution in [1.29, 1.82) is 0 Å². The Morgan fingerprint density at radius 3 is 2.73 bits per heavy atom. The summed E-state index contributed by atoms with van der Waals surface area (Å²) in [5.41, 5.74) is 2.44. The van der Waals surface area contributed by atoms with Gasteiger partial charge in [0, 0.05) is 0 Å². The van der Waals surface area contributed by atoms with Gasteiger partial charge in [-0.1, -0.05) is 30.3 Å². The Balaban J connectivity index is 1.68. The molecule has 112 valence electrons.